The van der Waals surface area contributed by atoms with Crippen LogP contribution in [0.2, 0.25) is 0 Å². The van der Waals surface area contributed by atoms with E-state index in [1.54, 1.807) is 31.4 Å². The van der Waals surface area contributed by atoms with E-state index in [2.05, 4.69) is 12.2 Å². The topological polar surface area (TPSA) is 67.9 Å². The molecule has 1 saturated heterocycles. The minimum Gasteiger partial charge on any atom is -0.484 e. The van der Waals surface area contributed by atoms with E-state index in [9.17, 15) is 9.59 Å². The van der Waals surface area contributed by atoms with Crippen LogP contribution in [0.1, 0.15) is 45.4 Å². The van der Waals surface area contributed by atoms with Gasteiger partial charge in [-0.25, -0.2) is 0 Å². The van der Waals surface area contributed by atoms with Gasteiger partial charge in [0.05, 0.1) is 0 Å². The first kappa shape index (κ1) is 19.7. The van der Waals surface area contributed by atoms with E-state index in [4.69, 9.17) is 9.47 Å². The van der Waals surface area contributed by atoms with Gasteiger partial charge in [-0.05, 0) is 62.3 Å². The van der Waals surface area contributed by atoms with Crippen LogP contribution in [0, 0.1) is 5.92 Å². The predicted octanol–water partition coefficient (Wildman–Crippen LogP) is 3.22. The van der Waals surface area contributed by atoms with Crippen molar-refractivity contribution in [2.24, 2.45) is 5.92 Å². The molecular formula is C21H30N2O4. The number of likely N-dealkylation sites (tertiary alicyclic amines) is 1. The highest BCUT2D eigenvalue weighted by molar-refractivity contribution is 5.97. The SMILES string of the molecule is COC1(C(=O)Nc2ccc(OCC(=O)N3CCCC3)cc2)CCCC(C)C1. The van der Waals surface area contributed by atoms with Gasteiger partial charge in [0.25, 0.3) is 11.8 Å². The highest BCUT2D eigenvalue weighted by Gasteiger charge is 2.41. The Morgan fingerprint density at radius 2 is 1.89 bits per heavy atom. The molecule has 1 N–H and O–H groups in total. The first-order valence-electron chi connectivity index (χ1n) is 9.90. The van der Waals surface area contributed by atoms with Gasteiger partial charge in [0, 0.05) is 25.9 Å². The molecule has 1 heterocycles. The Morgan fingerprint density at radius 1 is 1.19 bits per heavy atom. The number of amides is 2. The van der Waals surface area contributed by atoms with Crippen LogP contribution in [-0.2, 0) is 14.3 Å². The molecule has 1 aliphatic carbocycles. The molecule has 2 aliphatic rings. The largest absolute Gasteiger partial charge is 0.484 e. The van der Waals surface area contributed by atoms with Crippen LogP contribution >= 0.6 is 0 Å². The normalized spacial score (nSPS) is 25.3. The lowest BCUT2D eigenvalue weighted by Crippen LogP contribution is -2.47. The molecule has 1 aromatic rings. The highest BCUT2D eigenvalue weighted by Crippen LogP contribution is 2.35. The number of anilines is 1. The van der Waals surface area contributed by atoms with Crippen LogP contribution in [0.25, 0.3) is 0 Å². The fourth-order valence-corrected chi connectivity index (χ4v) is 4.07. The van der Waals surface area contributed by atoms with Crippen LogP contribution < -0.4 is 10.1 Å². The van der Waals surface area contributed by atoms with Crippen LogP contribution in [0.5, 0.6) is 5.75 Å². The second-order valence-corrected chi connectivity index (χ2v) is 7.76. The summed E-state index contributed by atoms with van der Waals surface area (Å²) in [5, 5.41) is 2.97. The van der Waals surface area contributed by atoms with E-state index in [-0.39, 0.29) is 18.4 Å². The third-order valence-electron chi connectivity index (χ3n) is 5.69. The monoisotopic (exact) mass is 374 g/mol. The van der Waals surface area contributed by atoms with Crippen molar-refractivity contribution in [2.75, 3.05) is 32.1 Å². The Balaban J connectivity index is 1.53. The van der Waals surface area contributed by atoms with Crippen molar-refractivity contribution in [1.29, 1.82) is 0 Å². The average Bonchev–Trinajstić information content (AvgIpc) is 3.22. The van der Waals surface area contributed by atoms with Crippen LogP contribution in [0.4, 0.5) is 5.69 Å². The smallest absolute Gasteiger partial charge is 0.260 e. The Labute approximate surface area is 161 Å². The quantitative estimate of drug-likeness (QED) is 0.830. The van der Waals surface area contributed by atoms with Gasteiger partial charge in [-0.1, -0.05) is 13.3 Å². The number of benzene rings is 1. The Morgan fingerprint density at radius 3 is 2.52 bits per heavy atom. The summed E-state index contributed by atoms with van der Waals surface area (Å²) in [4.78, 5) is 26.7. The molecule has 0 radical (unpaired) electrons. The van der Waals surface area contributed by atoms with Gasteiger partial charge in [-0.15, -0.1) is 0 Å². The Bertz CT molecular complexity index is 655. The molecule has 1 aliphatic heterocycles. The second kappa shape index (κ2) is 8.74. The molecule has 2 unspecified atom stereocenters. The van der Waals surface area contributed by atoms with Gasteiger partial charge in [0.1, 0.15) is 11.4 Å². The molecule has 0 bridgehead atoms. The number of ether oxygens (including phenoxy) is 2. The molecular weight excluding hydrogens is 344 g/mol. The minimum atomic E-state index is -0.741. The summed E-state index contributed by atoms with van der Waals surface area (Å²) < 4.78 is 11.2. The lowest BCUT2D eigenvalue weighted by molar-refractivity contribution is -0.143. The van der Waals surface area contributed by atoms with Crippen LogP contribution in [0.3, 0.4) is 0 Å². The van der Waals surface area contributed by atoms with E-state index in [0.29, 0.717) is 17.4 Å². The molecule has 6 heteroatoms. The third-order valence-corrected chi connectivity index (χ3v) is 5.69. The van der Waals surface area contributed by atoms with E-state index in [0.717, 1.165) is 51.6 Å². The number of methoxy groups -OCH3 is 1. The lowest BCUT2D eigenvalue weighted by Gasteiger charge is -2.37. The lowest BCUT2D eigenvalue weighted by atomic mass is 9.78. The van der Waals surface area contributed by atoms with Crippen LogP contribution in [-0.4, -0.2) is 49.1 Å². The zero-order valence-electron chi connectivity index (χ0n) is 16.3. The average molecular weight is 374 g/mol. The molecule has 1 saturated carbocycles. The summed E-state index contributed by atoms with van der Waals surface area (Å²) in [6.07, 6.45) is 5.78. The highest BCUT2D eigenvalue weighted by atomic mass is 16.5. The van der Waals surface area contributed by atoms with Gasteiger partial charge in [-0.3, -0.25) is 9.59 Å². The number of nitrogens with zero attached hydrogens (tertiary/aromatic N) is 1. The summed E-state index contributed by atoms with van der Waals surface area (Å²) in [5.41, 5.74) is -0.0394. The maximum atomic E-state index is 12.8. The Kier molecular flexibility index (Phi) is 6.37. The molecule has 1 aromatic carbocycles. The Hall–Kier alpha value is -2.08. The number of hydrogen-bond acceptors (Lipinski definition) is 4. The number of rotatable bonds is 6. The zero-order chi connectivity index (χ0) is 19.3. The fraction of sp³-hybridized carbons (Fsp3) is 0.619. The fourth-order valence-electron chi connectivity index (χ4n) is 4.07. The molecule has 27 heavy (non-hydrogen) atoms. The first-order valence-corrected chi connectivity index (χ1v) is 9.90. The van der Waals surface area contributed by atoms with Crippen molar-refractivity contribution in [3.05, 3.63) is 24.3 Å². The molecule has 0 spiro atoms. The van der Waals surface area contributed by atoms with Crippen molar-refractivity contribution in [2.45, 2.75) is 51.0 Å². The third kappa shape index (κ3) is 4.80. The van der Waals surface area contributed by atoms with Crippen molar-refractivity contribution in [1.82, 2.24) is 4.90 Å². The number of nitrogens with one attached hydrogen (secondary N) is 1. The first-order chi connectivity index (χ1) is 13.0. The standard InChI is InChI=1S/C21H30N2O4/c1-16-6-5-11-21(14-16,26-2)20(25)22-17-7-9-18(10-8-17)27-15-19(24)23-12-3-4-13-23/h7-10,16H,3-6,11-15H2,1-2H3,(H,22,25). The van der Waals surface area contributed by atoms with E-state index in [1.165, 1.54) is 0 Å². The van der Waals surface area contributed by atoms with Crippen molar-refractivity contribution in [3.63, 3.8) is 0 Å². The summed E-state index contributed by atoms with van der Waals surface area (Å²) in [7, 11) is 1.62. The summed E-state index contributed by atoms with van der Waals surface area (Å²) in [5.74, 6) is 1.04. The molecule has 2 fully saturated rings. The summed E-state index contributed by atoms with van der Waals surface area (Å²) >= 11 is 0. The predicted molar refractivity (Wildman–Crippen MR) is 104 cm³/mol. The number of carbonyl (C=O) groups excluding carboxylic acids is 2. The van der Waals surface area contributed by atoms with Gasteiger partial charge in [0.2, 0.25) is 0 Å². The summed E-state index contributed by atoms with van der Waals surface area (Å²) in [6.45, 7) is 3.87. The van der Waals surface area contributed by atoms with Gasteiger partial charge in [-0.2, -0.15) is 0 Å². The van der Waals surface area contributed by atoms with Crippen LogP contribution in [0.15, 0.2) is 24.3 Å². The summed E-state index contributed by atoms with van der Waals surface area (Å²) in [6, 6.07) is 7.14. The molecule has 3 rings (SSSR count). The minimum absolute atomic E-state index is 0.0262. The maximum Gasteiger partial charge on any atom is 0.260 e. The van der Waals surface area contributed by atoms with Gasteiger partial charge >= 0.3 is 0 Å². The van der Waals surface area contributed by atoms with Gasteiger partial charge in [0.15, 0.2) is 6.61 Å². The molecule has 148 valence electrons. The second-order valence-electron chi connectivity index (χ2n) is 7.76. The number of carbonyl (C=O) groups is 2. The van der Waals surface area contributed by atoms with Crippen molar-refractivity contribution >= 4 is 17.5 Å². The van der Waals surface area contributed by atoms with Crippen molar-refractivity contribution < 1.29 is 19.1 Å². The molecule has 0 aromatic heterocycles. The van der Waals surface area contributed by atoms with E-state index < -0.39 is 5.60 Å². The molecule has 6 nitrogen and oxygen atoms in total. The van der Waals surface area contributed by atoms with Crippen molar-refractivity contribution in [3.8, 4) is 5.75 Å². The van der Waals surface area contributed by atoms with Gasteiger partial charge < -0.3 is 19.7 Å². The number of hydrogen-bond donors (Lipinski definition) is 1. The van der Waals surface area contributed by atoms with E-state index >= 15 is 0 Å². The van der Waals surface area contributed by atoms with E-state index in [1.807, 2.05) is 4.90 Å². The molecule has 2 atom stereocenters. The molecule has 2 amide bonds. The zero-order valence-corrected chi connectivity index (χ0v) is 16.3. The maximum absolute atomic E-state index is 12.8.